The summed E-state index contributed by atoms with van der Waals surface area (Å²) in [6, 6.07) is 0. The van der Waals surface area contributed by atoms with Crippen LogP contribution < -0.4 is 10.5 Å². The van der Waals surface area contributed by atoms with Crippen molar-refractivity contribution in [3.63, 3.8) is 0 Å². The van der Waals surface area contributed by atoms with E-state index in [1.165, 1.54) is 0 Å². The number of piperidine rings is 1. The molecular weight excluding hydrogens is 242 g/mol. The molecular formula is C14H21N3O2. The lowest BCUT2D eigenvalue weighted by Gasteiger charge is -2.31. The Hall–Kier alpha value is -1.65. The van der Waals surface area contributed by atoms with Gasteiger partial charge in [0, 0.05) is 36.9 Å². The summed E-state index contributed by atoms with van der Waals surface area (Å²) < 4.78 is 1.69. The molecule has 0 amide bonds. The molecule has 0 aromatic carbocycles. The largest absolute Gasteiger partial charge is 0.351 e. The minimum atomic E-state index is -0.269. The summed E-state index contributed by atoms with van der Waals surface area (Å²) in [7, 11) is 0. The molecule has 0 aliphatic carbocycles. The van der Waals surface area contributed by atoms with Crippen LogP contribution in [0.5, 0.6) is 0 Å². The van der Waals surface area contributed by atoms with Crippen molar-refractivity contribution in [2.24, 2.45) is 5.92 Å². The maximum absolute atomic E-state index is 12.5. The van der Waals surface area contributed by atoms with E-state index in [1.807, 2.05) is 25.7 Å². The smallest absolute Gasteiger partial charge is 0.293 e. The van der Waals surface area contributed by atoms with Crippen molar-refractivity contribution >= 4 is 12.1 Å². The second-order valence-electron chi connectivity index (χ2n) is 6.08. The molecule has 0 saturated carbocycles. The minimum Gasteiger partial charge on any atom is -0.351 e. The van der Waals surface area contributed by atoms with Crippen LogP contribution in [0.1, 0.15) is 33.6 Å². The van der Waals surface area contributed by atoms with Crippen LogP contribution in [0.25, 0.3) is 0 Å². The van der Waals surface area contributed by atoms with Gasteiger partial charge < -0.3 is 14.3 Å². The number of carbonyl (C=O) groups excluding carboxylic acids is 1. The van der Waals surface area contributed by atoms with Gasteiger partial charge in [-0.25, -0.2) is 4.98 Å². The zero-order valence-corrected chi connectivity index (χ0v) is 11.8. The molecule has 0 bridgehead atoms. The second kappa shape index (κ2) is 5.15. The number of rotatable bonds is 2. The quantitative estimate of drug-likeness (QED) is 0.757. The molecule has 1 atom stereocenters. The lowest BCUT2D eigenvalue weighted by molar-refractivity contribution is -0.111. The Balaban J connectivity index is 2.35. The van der Waals surface area contributed by atoms with Gasteiger partial charge in [-0.1, -0.05) is 0 Å². The van der Waals surface area contributed by atoms with Gasteiger partial charge in [0.1, 0.15) is 6.29 Å². The minimum absolute atomic E-state index is 0.0123. The molecule has 0 spiro atoms. The molecule has 1 aliphatic heterocycles. The third-order valence-electron chi connectivity index (χ3n) is 3.50. The van der Waals surface area contributed by atoms with Crippen molar-refractivity contribution < 1.29 is 4.79 Å². The van der Waals surface area contributed by atoms with Gasteiger partial charge in [-0.3, -0.25) is 4.79 Å². The van der Waals surface area contributed by atoms with E-state index in [2.05, 4.69) is 4.98 Å². The van der Waals surface area contributed by atoms with Crippen LogP contribution in [0.2, 0.25) is 0 Å². The van der Waals surface area contributed by atoms with Crippen molar-refractivity contribution in [3.8, 4) is 0 Å². The van der Waals surface area contributed by atoms with Crippen LogP contribution in [0.4, 0.5) is 5.82 Å². The standard InChI is InChI=1S/C14H21N3O2/c1-14(2,3)17-8-6-15-12(13(17)19)16-7-4-5-11(9-16)10-18/h6,8,10-11H,4-5,7,9H2,1-3H3. The van der Waals surface area contributed by atoms with Crippen LogP contribution >= 0.6 is 0 Å². The van der Waals surface area contributed by atoms with Crippen LogP contribution in [0.3, 0.4) is 0 Å². The van der Waals surface area contributed by atoms with Crippen molar-refractivity contribution in [1.82, 2.24) is 9.55 Å². The van der Waals surface area contributed by atoms with Crippen molar-refractivity contribution in [2.75, 3.05) is 18.0 Å². The first-order chi connectivity index (χ1) is 8.93. The van der Waals surface area contributed by atoms with Crippen molar-refractivity contribution in [3.05, 3.63) is 22.7 Å². The third-order valence-corrected chi connectivity index (χ3v) is 3.50. The first-order valence-electron chi connectivity index (χ1n) is 6.72. The SMILES string of the molecule is CC(C)(C)n1ccnc(N2CCCC(C=O)C2)c1=O. The molecule has 104 valence electrons. The molecule has 0 radical (unpaired) electrons. The number of hydrogen-bond donors (Lipinski definition) is 0. The summed E-state index contributed by atoms with van der Waals surface area (Å²) in [6.45, 7) is 7.36. The fourth-order valence-corrected chi connectivity index (χ4v) is 2.46. The number of anilines is 1. The maximum Gasteiger partial charge on any atom is 0.293 e. The predicted molar refractivity (Wildman–Crippen MR) is 74.5 cm³/mol. The highest BCUT2D eigenvalue weighted by Gasteiger charge is 2.24. The second-order valence-corrected chi connectivity index (χ2v) is 6.08. The topological polar surface area (TPSA) is 55.2 Å². The van der Waals surface area contributed by atoms with Gasteiger partial charge in [0.2, 0.25) is 0 Å². The van der Waals surface area contributed by atoms with E-state index in [9.17, 15) is 9.59 Å². The Kier molecular flexibility index (Phi) is 3.73. The third kappa shape index (κ3) is 2.85. The molecule has 2 heterocycles. The lowest BCUT2D eigenvalue weighted by Crippen LogP contribution is -2.43. The normalized spacial score (nSPS) is 20.4. The first-order valence-corrected chi connectivity index (χ1v) is 6.72. The van der Waals surface area contributed by atoms with Crippen LogP contribution in [-0.4, -0.2) is 28.9 Å². The molecule has 0 N–H and O–H groups in total. The zero-order valence-electron chi connectivity index (χ0n) is 11.8. The van der Waals surface area contributed by atoms with E-state index in [0.717, 1.165) is 25.7 Å². The molecule has 1 saturated heterocycles. The molecule has 19 heavy (non-hydrogen) atoms. The molecule has 5 heteroatoms. The summed E-state index contributed by atoms with van der Waals surface area (Å²) >= 11 is 0. The van der Waals surface area contributed by atoms with Crippen LogP contribution in [0, 0.1) is 5.92 Å². The molecule has 1 fully saturated rings. The van der Waals surface area contributed by atoms with E-state index in [1.54, 1.807) is 17.0 Å². The zero-order chi connectivity index (χ0) is 14.0. The fourth-order valence-electron chi connectivity index (χ4n) is 2.46. The Labute approximate surface area is 113 Å². The van der Waals surface area contributed by atoms with Gasteiger partial charge in [0.05, 0.1) is 0 Å². The lowest BCUT2D eigenvalue weighted by atomic mass is 10.00. The van der Waals surface area contributed by atoms with Crippen LogP contribution in [-0.2, 0) is 10.3 Å². The van der Waals surface area contributed by atoms with Crippen molar-refractivity contribution in [2.45, 2.75) is 39.2 Å². The Bertz CT molecular complexity index is 516. The van der Waals surface area contributed by atoms with Crippen LogP contribution in [0.15, 0.2) is 17.2 Å². The number of aldehydes is 1. The predicted octanol–water partition coefficient (Wildman–Crippen LogP) is 1.41. The first kappa shape index (κ1) is 13.8. The van der Waals surface area contributed by atoms with Crippen molar-refractivity contribution in [1.29, 1.82) is 0 Å². The number of aromatic nitrogens is 2. The number of hydrogen-bond acceptors (Lipinski definition) is 4. The average Bonchev–Trinajstić information content (AvgIpc) is 2.37. The summed E-state index contributed by atoms with van der Waals surface area (Å²) in [5, 5.41) is 0. The summed E-state index contributed by atoms with van der Waals surface area (Å²) in [4.78, 5) is 29.6. The van der Waals surface area contributed by atoms with E-state index in [0.29, 0.717) is 12.4 Å². The van der Waals surface area contributed by atoms with Gasteiger partial charge in [-0.15, -0.1) is 0 Å². The average molecular weight is 263 g/mol. The summed E-state index contributed by atoms with van der Waals surface area (Å²) in [5.74, 6) is 0.474. The highest BCUT2D eigenvalue weighted by atomic mass is 16.1. The number of nitrogens with zero attached hydrogens (tertiary/aromatic N) is 3. The molecule has 1 unspecified atom stereocenters. The molecule has 1 aliphatic rings. The Morgan fingerprint density at radius 1 is 1.42 bits per heavy atom. The fraction of sp³-hybridized carbons (Fsp3) is 0.643. The molecule has 2 rings (SSSR count). The van der Waals surface area contributed by atoms with Gasteiger partial charge >= 0.3 is 0 Å². The van der Waals surface area contributed by atoms with E-state index >= 15 is 0 Å². The highest BCUT2D eigenvalue weighted by molar-refractivity contribution is 5.56. The van der Waals surface area contributed by atoms with E-state index < -0.39 is 0 Å². The summed E-state index contributed by atoms with van der Waals surface area (Å²) in [6.07, 6.45) is 6.19. The molecule has 1 aromatic heterocycles. The van der Waals surface area contributed by atoms with E-state index in [-0.39, 0.29) is 17.0 Å². The maximum atomic E-state index is 12.5. The number of carbonyl (C=O) groups is 1. The Morgan fingerprint density at radius 2 is 2.16 bits per heavy atom. The molecule has 5 nitrogen and oxygen atoms in total. The summed E-state index contributed by atoms with van der Waals surface area (Å²) in [5.41, 5.74) is -0.351. The van der Waals surface area contributed by atoms with Gasteiger partial charge in [0.15, 0.2) is 5.82 Å². The molecule has 1 aromatic rings. The van der Waals surface area contributed by atoms with E-state index in [4.69, 9.17) is 0 Å². The monoisotopic (exact) mass is 263 g/mol. The van der Waals surface area contributed by atoms with Gasteiger partial charge in [0.25, 0.3) is 5.56 Å². The van der Waals surface area contributed by atoms with Gasteiger partial charge in [-0.2, -0.15) is 0 Å². The van der Waals surface area contributed by atoms with Gasteiger partial charge in [-0.05, 0) is 33.6 Å². The highest BCUT2D eigenvalue weighted by Crippen LogP contribution is 2.19. The Morgan fingerprint density at radius 3 is 2.79 bits per heavy atom.